The summed E-state index contributed by atoms with van der Waals surface area (Å²) in [5.74, 6) is -1.21. The molecule has 0 saturated carbocycles. The Morgan fingerprint density at radius 1 is 1.30 bits per heavy atom. The van der Waals surface area contributed by atoms with Crippen molar-refractivity contribution < 1.29 is 18.0 Å². The van der Waals surface area contributed by atoms with Crippen LogP contribution in [-0.2, 0) is 0 Å². The maximum Gasteiger partial charge on any atom is 0.393 e. The number of fused-ring (bicyclic) bond motifs is 1. The molecule has 1 aliphatic heterocycles. The monoisotopic (exact) mass is 377 g/mol. The summed E-state index contributed by atoms with van der Waals surface area (Å²) in [6, 6.07) is 4.79. The third-order valence-corrected chi connectivity index (χ3v) is 4.39. The van der Waals surface area contributed by atoms with Crippen LogP contribution in [0.1, 0.15) is 16.8 Å². The molecule has 1 N–H and O–H groups in total. The lowest BCUT2D eigenvalue weighted by molar-refractivity contribution is -0.168. The Morgan fingerprint density at radius 3 is 2.85 bits per heavy atom. The fourth-order valence-electron chi connectivity index (χ4n) is 2.98. The van der Waals surface area contributed by atoms with Crippen LogP contribution < -0.4 is 10.2 Å². The SMILES string of the molecule is O=C(Nc1cccnn1)c1cnn2ccc(N3CCC(C(F)(F)F)C3)nc12. The van der Waals surface area contributed by atoms with E-state index in [0.717, 1.165) is 0 Å². The molecule has 0 spiro atoms. The number of hydrogen-bond donors (Lipinski definition) is 1. The number of hydrogen-bond acceptors (Lipinski definition) is 6. The molecular weight excluding hydrogens is 363 g/mol. The summed E-state index contributed by atoms with van der Waals surface area (Å²) in [7, 11) is 0. The minimum Gasteiger partial charge on any atom is -0.356 e. The molecule has 8 nitrogen and oxygen atoms in total. The van der Waals surface area contributed by atoms with Gasteiger partial charge in [-0.25, -0.2) is 9.50 Å². The molecule has 1 saturated heterocycles. The van der Waals surface area contributed by atoms with Crippen LogP contribution in [0.2, 0.25) is 0 Å². The lowest BCUT2D eigenvalue weighted by Crippen LogP contribution is -2.28. The highest BCUT2D eigenvalue weighted by atomic mass is 19.4. The van der Waals surface area contributed by atoms with Crippen molar-refractivity contribution in [2.75, 3.05) is 23.3 Å². The quantitative estimate of drug-likeness (QED) is 0.753. The van der Waals surface area contributed by atoms with Crippen LogP contribution in [0.25, 0.3) is 5.65 Å². The van der Waals surface area contributed by atoms with Crippen molar-refractivity contribution in [3.63, 3.8) is 0 Å². The summed E-state index contributed by atoms with van der Waals surface area (Å²) in [4.78, 5) is 18.4. The molecule has 1 amide bonds. The van der Waals surface area contributed by atoms with Gasteiger partial charge in [0.25, 0.3) is 5.91 Å². The highest BCUT2D eigenvalue weighted by Gasteiger charge is 2.43. The van der Waals surface area contributed by atoms with Crippen LogP contribution >= 0.6 is 0 Å². The summed E-state index contributed by atoms with van der Waals surface area (Å²) in [5.41, 5.74) is 0.443. The zero-order valence-corrected chi connectivity index (χ0v) is 13.9. The highest BCUT2D eigenvalue weighted by molar-refractivity contribution is 6.07. The van der Waals surface area contributed by atoms with Crippen LogP contribution in [0.5, 0.6) is 0 Å². The first kappa shape index (κ1) is 17.2. The predicted octanol–water partition coefficient (Wildman–Crippen LogP) is 2.16. The number of anilines is 2. The topological polar surface area (TPSA) is 88.3 Å². The number of nitrogens with zero attached hydrogens (tertiary/aromatic N) is 6. The number of aromatic nitrogens is 5. The molecule has 1 atom stereocenters. The van der Waals surface area contributed by atoms with Gasteiger partial charge >= 0.3 is 6.18 Å². The fraction of sp³-hybridized carbons (Fsp3) is 0.312. The van der Waals surface area contributed by atoms with E-state index in [1.54, 1.807) is 29.3 Å². The molecule has 0 radical (unpaired) electrons. The van der Waals surface area contributed by atoms with E-state index in [2.05, 4.69) is 25.6 Å². The number of alkyl halides is 3. The van der Waals surface area contributed by atoms with E-state index in [1.165, 1.54) is 16.9 Å². The maximum absolute atomic E-state index is 12.9. The lowest BCUT2D eigenvalue weighted by atomic mass is 10.1. The normalized spacial score (nSPS) is 17.4. The Balaban J connectivity index is 1.59. The molecule has 140 valence electrons. The van der Waals surface area contributed by atoms with E-state index in [1.807, 2.05) is 0 Å². The molecule has 1 unspecified atom stereocenters. The van der Waals surface area contributed by atoms with E-state index in [0.29, 0.717) is 5.82 Å². The van der Waals surface area contributed by atoms with Crippen LogP contribution in [0.3, 0.4) is 0 Å². The maximum atomic E-state index is 12.9. The summed E-state index contributed by atoms with van der Waals surface area (Å²) in [6.07, 6.45) is 0.188. The molecule has 1 aliphatic rings. The minimum atomic E-state index is -4.22. The highest BCUT2D eigenvalue weighted by Crippen LogP contribution is 2.35. The van der Waals surface area contributed by atoms with Crippen molar-refractivity contribution in [3.05, 3.63) is 42.4 Å². The van der Waals surface area contributed by atoms with E-state index < -0.39 is 18.0 Å². The molecule has 4 heterocycles. The van der Waals surface area contributed by atoms with Gasteiger partial charge in [-0.15, -0.1) is 5.10 Å². The van der Waals surface area contributed by atoms with Gasteiger partial charge in [0.05, 0.1) is 12.1 Å². The van der Waals surface area contributed by atoms with Crippen molar-refractivity contribution >= 4 is 23.2 Å². The second-order valence-corrected chi connectivity index (χ2v) is 6.15. The Labute approximate surface area is 151 Å². The molecule has 4 rings (SSSR count). The van der Waals surface area contributed by atoms with Crippen molar-refractivity contribution in [2.45, 2.75) is 12.6 Å². The van der Waals surface area contributed by atoms with E-state index in [4.69, 9.17) is 0 Å². The first-order valence-corrected chi connectivity index (χ1v) is 8.17. The van der Waals surface area contributed by atoms with Gasteiger partial charge in [0.15, 0.2) is 11.5 Å². The molecule has 1 fully saturated rings. The van der Waals surface area contributed by atoms with Crippen LogP contribution in [0, 0.1) is 5.92 Å². The molecule has 27 heavy (non-hydrogen) atoms. The van der Waals surface area contributed by atoms with Gasteiger partial charge < -0.3 is 10.2 Å². The van der Waals surface area contributed by atoms with Gasteiger partial charge in [-0.2, -0.15) is 23.4 Å². The summed E-state index contributed by atoms with van der Waals surface area (Å²) >= 11 is 0. The van der Waals surface area contributed by atoms with Crippen LogP contribution in [0.4, 0.5) is 24.8 Å². The average molecular weight is 377 g/mol. The largest absolute Gasteiger partial charge is 0.393 e. The zero-order valence-electron chi connectivity index (χ0n) is 13.9. The average Bonchev–Trinajstić information content (AvgIpc) is 3.29. The van der Waals surface area contributed by atoms with E-state index in [-0.39, 0.29) is 36.5 Å². The predicted molar refractivity (Wildman–Crippen MR) is 89.3 cm³/mol. The number of rotatable bonds is 3. The second kappa shape index (κ2) is 6.49. The molecule has 0 aromatic carbocycles. The summed E-state index contributed by atoms with van der Waals surface area (Å²) in [6.45, 7) is 0.102. The third kappa shape index (κ3) is 3.39. The molecule has 3 aromatic heterocycles. The first-order chi connectivity index (χ1) is 12.9. The van der Waals surface area contributed by atoms with Gasteiger partial charge in [0.1, 0.15) is 11.4 Å². The third-order valence-electron chi connectivity index (χ3n) is 4.39. The van der Waals surface area contributed by atoms with Crippen LogP contribution in [-0.4, -0.2) is 50.0 Å². The lowest BCUT2D eigenvalue weighted by Gasteiger charge is -2.18. The van der Waals surface area contributed by atoms with Crippen molar-refractivity contribution in [1.82, 2.24) is 24.8 Å². The van der Waals surface area contributed by atoms with E-state index in [9.17, 15) is 18.0 Å². The Kier molecular flexibility index (Phi) is 4.13. The Hall–Kier alpha value is -3.24. The van der Waals surface area contributed by atoms with Gasteiger partial charge in [-0.05, 0) is 24.6 Å². The standard InChI is InChI=1S/C16H14F3N7O/c17-16(18,19)10-3-6-25(9-10)13-4-7-26-14(23-13)11(8-21-26)15(27)22-12-2-1-5-20-24-12/h1-2,4-5,7-8,10H,3,6,9H2,(H,22,24,27). The van der Waals surface area contributed by atoms with Crippen molar-refractivity contribution in [2.24, 2.45) is 5.92 Å². The Morgan fingerprint density at radius 2 is 2.15 bits per heavy atom. The van der Waals surface area contributed by atoms with Gasteiger partial charge in [-0.1, -0.05) is 0 Å². The van der Waals surface area contributed by atoms with Gasteiger partial charge in [0, 0.05) is 25.5 Å². The summed E-state index contributed by atoms with van der Waals surface area (Å²) in [5, 5.41) is 14.1. The van der Waals surface area contributed by atoms with E-state index >= 15 is 0 Å². The van der Waals surface area contributed by atoms with Gasteiger partial charge in [0.2, 0.25) is 0 Å². The number of amides is 1. The smallest absolute Gasteiger partial charge is 0.356 e. The molecule has 0 aliphatic carbocycles. The van der Waals surface area contributed by atoms with Crippen molar-refractivity contribution in [1.29, 1.82) is 0 Å². The summed E-state index contributed by atoms with van der Waals surface area (Å²) < 4.78 is 40.1. The number of carbonyl (C=O) groups excluding carboxylic acids is 1. The minimum absolute atomic E-state index is 0.0235. The van der Waals surface area contributed by atoms with Gasteiger partial charge in [-0.3, -0.25) is 4.79 Å². The Bertz CT molecular complexity index is 973. The number of halogens is 3. The van der Waals surface area contributed by atoms with Crippen LogP contribution in [0.15, 0.2) is 36.8 Å². The zero-order chi connectivity index (χ0) is 19.0. The number of carbonyl (C=O) groups is 1. The molecule has 3 aromatic rings. The molecule has 0 bridgehead atoms. The van der Waals surface area contributed by atoms with Crippen molar-refractivity contribution in [3.8, 4) is 0 Å². The first-order valence-electron chi connectivity index (χ1n) is 8.17. The number of nitrogens with one attached hydrogen (secondary N) is 1. The fourth-order valence-corrected chi connectivity index (χ4v) is 2.98. The molecular formula is C16H14F3N7O. The second-order valence-electron chi connectivity index (χ2n) is 6.15. The molecule has 11 heteroatoms.